The average Bonchev–Trinajstić information content (AvgIpc) is 1.91. The van der Waals surface area contributed by atoms with Gasteiger partial charge in [0.1, 0.15) is 5.60 Å². The van der Waals surface area contributed by atoms with Crippen LogP contribution in [0, 0.1) is 5.41 Å². The minimum Gasteiger partial charge on any atom is -0.444 e. The van der Waals surface area contributed by atoms with E-state index in [0.717, 1.165) is 0 Å². The van der Waals surface area contributed by atoms with E-state index in [1.807, 2.05) is 41.5 Å². The molecule has 0 aliphatic rings. The molecule has 0 saturated heterocycles. The predicted molar refractivity (Wildman–Crippen MR) is 68.9 cm³/mol. The van der Waals surface area contributed by atoms with Crippen LogP contribution in [0.5, 0.6) is 0 Å². The molecule has 1 atom stereocenters. The lowest BCUT2D eigenvalue weighted by Crippen LogP contribution is -2.56. The number of ether oxygens (including phenoxy) is 1. The quantitative estimate of drug-likeness (QED) is 0.786. The van der Waals surface area contributed by atoms with Crippen LogP contribution in [0.1, 0.15) is 55.4 Å². The molecule has 0 spiro atoms. The molecule has 0 aromatic rings. The predicted octanol–water partition coefficient (Wildman–Crippen LogP) is 2.70. The largest absolute Gasteiger partial charge is 0.444 e. The summed E-state index contributed by atoms with van der Waals surface area (Å²) in [5.41, 5.74) is -1.80. The van der Waals surface area contributed by atoms with E-state index >= 15 is 0 Å². The van der Waals surface area contributed by atoms with E-state index in [-0.39, 0.29) is 11.5 Å². The van der Waals surface area contributed by atoms with Gasteiger partial charge >= 0.3 is 6.09 Å². The first kappa shape index (κ1) is 16.2. The fourth-order valence-electron chi connectivity index (χ4n) is 1.88. The number of alkyl carbamates (subject to hydrolysis) is 1. The van der Waals surface area contributed by atoms with Gasteiger partial charge in [0, 0.05) is 0 Å². The first-order valence-corrected chi connectivity index (χ1v) is 5.95. The lowest BCUT2D eigenvalue weighted by atomic mass is 9.78. The summed E-state index contributed by atoms with van der Waals surface area (Å²) in [6, 6.07) is -0.384. The van der Waals surface area contributed by atoms with E-state index in [1.165, 1.54) is 0 Å². The van der Waals surface area contributed by atoms with Crippen LogP contribution in [0.3, 0.4) is 0 Å². The second-order valence-electron chi connectivity index (χ2n) is 7.10. The Morgan fingerprint density at radius 1 is 1.06 bits per heavy atom. The maximum absolute atomic E-state index is 11.7. The molecule has 0 bridgehead atoms. The zero-order valence-electron chi connectivity index (χ0n) is 12.3. The van der Waals surface area contributed by atoms with Crippen molar-refractivity contribution < 1.29 is 14.6 Å². The molecule has 102 valence electrons. The van der Waals surface area contributed by atoms with Gasteiger partial charge in [-0.15, -0.1) is 0 Å². The molecule has 0 saturated carbocycles. The molecule has 2 N–H and O–H groups in total. The Morgan fingerprint density at radius 2 is 1.47 bits per heavy atom. The van der Waals surface area contributed by atoms with E-state index in [0.29, 0.717) is 0 Å². The van der Waals surface area contributed by atoms with Crippen LogP contribution in [-0.2, 0) is 4.74 Å². The fourth-order valence-corrected chi connectivity index (χ4v) is 1.88. The third-order valence-corrected chi connectivity index (χ3v) is 2.23. The highest BCUT2D eigenvalue weighted by molar-refractivity contribution is 5.68. The Kier molecular flexibility index (Phi) is 4.63. The zero-order valence-corrected chi connectivity index (χ0v) is 12.3. The van der Waals surface area contributed by atoms with Crippen LogP contribution in [-0.4, -0.2) is 28.4 Å². The number of aliphatic hydroxyl groups is 1. The maximum Gasteiger partial charge on any atom is 0.407 e. The van der Waals surface area contributed by atoms with Crippen LogP contribution < -0.4 is 5.32 Å². The Balaban J connectivity index is 4.75. The highest BCUT2D eigenvalue weighted by Crippen LogP contribution is 2.28. The van der Waals surface area contributed by atoms with Crippen LogP contribution >= 0.6 is 0 Å². The van der Waals surface area contributed by atoms with E-state index in [1.54, 1.807) is 13.8 Å². The van der Waals surface area contributed by atoms with Gasteiger partial charge < -0.3 is 15.2 Å². The van der Waals surface area contributed by atoms with Crippen molar-refractivity contribution >= 4 is 6.09 Å². The van der Waals surface area contributed by atoms with E-state index in [2.05, 4.69) is 5.32 Å². The molecule has 4 nitrogen and oxygen atoms in total. The number of carbonyl (C=O) groups is 1. The molecule has 0 fully saturated rings. The number of amides is 1. The second kappa shape index (κ2) is 4.84. The standard InChI is InChI=1S/C13H27NO3/c1-11(2,3)9(13(7,8)16)14-10(15)17-12(4,5)6/h9,16H,1-8H3,(H,14,15). The Hall–Kier alpha value is -0.770. The van der Waals surface area contributed by atoms with Crippen molar-refractivity contribution in [2.24, 2.45) is 5.41 Å². The summed E-state index contributed by atoms with van der Waals surface area (Å²) in [4.78, 5) is 11.7. The van der Waals surface area contributed by atoms with Crippen molar-refractivity contribution in [2.45, 2.75) is 72.6 Å². The third kappa shape index (κ3) is 6.51. The summed E-state index contributed by atoms with van der Waals surface area (Å²) >= 11 is 0. The van der Waals surface area contributed by atoms with Gasteiger partial charge in [0.15, 0.2) is 0 Å². The first-order chi connectivity index (χ1) is 7.23. The average molecular weight is 245 g/mol. The van der Waals surface area contributed by atoms with Gasteiger partial charge in [0.25, 0.3) is 0 Å². The normalized spacial score (nSPS) is 15.4. The van der Waals surface area contributed by atoms with Gasteiger partial charge in [-0.05, 0) is 40.0 Å². The van der Waals surface area contributed by atoms with Crippen molar-refractivity contribution in [1.82, 2.24) is 5.32 Å². The van der Waals surface area contributed by atoms with Gasteiger partial charge in [-0.3, -0.25) is 0 Å². The van der Waals surface area contributed by atoms with E-state index < -0.39 is 17.3 Å². The number of carbonyl (C=O) groups excluding carboxylic acids is 1. The zero-order chi connectivity index (χ0) is 14.1. The molecule has 0 aromatic heterocycles. The van der Waals surface area contributed by atoms with Crippen LogP contribution in [0.4, 0.5) is 4.79 Å². The third-order valence-electron chi connectivity index (χ3n) is 2.23. The fraction of sp³-hybridized carbons (Fsp3) is 0.923. The monoisotopic (exact) mass is 245 g/mol. The molecule has 0 aromatic carbocycles. The lowest BCUT2D eigenvalue weighted by Gasteiger charge is -2.40. The summed E-state index contributed by atoms with van der Waals surface area (Å²) in [6.45, 7) is 14.7. The molecule has 0 aliphatic carbocycles. The van der Waals surface area contributed by atoms with Gasteiger partial charge in [0.05, 0.1) is 11.6 Å². The molecular weight excluding hydrogens is 218 g/mol. The topological polar surface area (TPSA) is 58.6 Å². The summed E-state index contributed by atoms with van der Waals surface area (Å²) in [7, 11) is 0. The van der Waals surface area contributed by atoms with Crippen molar-refractivity contribution in [1.29, 1.82) is 0 Å². The van der Waals surface area contributed by atoms with Crippen molar-refractivity contribution in [3.05, 3.63) is 0 Å². The van der Waals surface area contributed by atoms with Crippen molar-refractivity contribution in [3.8, 4) is 0 Å². The number of rotatable bonds is 2. The minimum atomic E-state index is -1.00. The van der Waals surface area contributed by atoms with E-state index in [9.17, 15) is 9.90 Å². The lowest BCUT2D eigenvalue weighted by molar-refractivity contribution is -0.0148. The molecule has 1 amide bonds. The second-order valence-corrected chi connectivity index (χ2v) is 7.10. The maximum atomic E-state index is 11.7. The molecule has 0 aliphatic heterocycles. The highest BCUT2D eigenvalue weighted by Gasteiger charge is 2.38. The SMILES string of the molecule is CC(C)(C)OC(=O)NC(C(C)(C)C)C(C)(C)O. The first-order valence-electron chi connectivity index (χ1n) is 5.95. The molecular formula is C13H27NO3. The van der Waals surface area contributed by atoms with Crippen LogP contribution in [0.15, 0.2) is 0 Å². The van der Waals surface area contributed by atoms with Gasteiger partial charge in [-0.1, -0.05) is 20.8 Å². The molecule has 0 heterocycles. The van der Waals surface area contributed by atoms with Gasteiger partial charge in [0.2, 0.25) is 0 Å². The van der Waals surface area contributed by atoms with E-state index in [4.69, 9.17) is 4.74 Å². The highest BCUT2D eigenvalue weighted by atomic mass is 16.6. The molecule has 0 radical (unpaired) electrons. The summed E-state index contributed by atoms with van der Waals surface area (Å²) in [5, 5.41) is 12.8. The Labute approximate surface area is 105 Å². The molecule has 0 rings (SSSR count). The van der Waals surface area contributed by atoms with Gasteiger partial charge in [-0.25, -0.2) is 4.79 Å². The number of hydrogen-bond acceptors (Lipinski definition) is 3. The Bertz CT molecular complexity index is 252. The number of nitrogens with one attached hydrogen (secondary N) is 1. The van der Waals surface area contributed by atoms with Crippen LogP contribution in [0.25, 0.3) is 0 Å². The Morgan fingerprint density at radius 3 is 1.71 bits per heavy atom. The van der Waals surface area contributed by atoms with Crippen molar-refractivity contribution in [3.63, 3.8) is 0 Å². The van der Waals surface area contributed by atoms with Crippen LogP contribution in [0.2, 0.25) is 0 Å². The molecule has 4 heteroatoms. The number of hydrogen-bond donors (Lipinski definition) is 2. The molecule has 1 unspecified atom stereocenters. The summed E-state index contributed by atoms with van der Waals surface area (Å²) in [6.07, 6.45) is -0.500. The van der Waals surface area contributed by atoms with Crippen molar-refractivity contribution in [2.75, 3.05) is 0 Å². The molecule has 17 heavy (non-hydrogen) atoms. The smallest absolute Gasteiger partial charge is 0.407 e. The summed E-state index contributed by atoms with van der Waals surface area (Å²) in [5.74, 6) is 0. The van der Waals surface area contributed by atoms with Gasteiger partial charge in [-0.2, -0.15) is 0 Å². The summed E-state index contributed by atoms with van der Waals surface area (Å²) < 4.78 is 5.20. The minimum absolute atomic E-state index is 0.255.